The quantitative estimate of drug-likeness (QED) is 0.709. The number of halogens is 5. The predicted molar refractivity (Wildman–Crippen MR) is 77.6 cm³/mol. The van der Waals surface area contributed by atoms with Crippen LogP contribution in [0.25, 0.3) is 0 Å². The molecule has 1 N–H and O–H groups in total. The Hall–Kier alpha value is -1.56. The molecular formula is C15H12BrF4N. The molecule has 0 fully saturated rings. The van der Waals surface area contributed by atoms with Crippen molar-refractivity contribution in [1.29, 1.82) is 0 Å². The van der Waals surface area contributed by atoms with Crippen molar-refractivity contribution in [1.82, 2.24) is 0 Å². The molecule has 6 heteroatoms. The Bertz CT molecular complexity index is 653. The molecule has 2 rings (SSSR count). The van der Waals surface area contributed by atoms with Crippen LogP contribution < -0.4 is 5.32 Å². The first-order chi connectivity index (χ1) is 9.77. The van der Waals surface area contributed by atoms with Crippen LogP contribution in [-0.4, -0.2) is 0 Å². The van der Waals surface area contributed by atoms with Crippen molar-refractivity contribution in [3.05, 3.63) is 63.4 Å². The van der Waals surface area contributed by atoms with Gasteiger partial charge in [-0.1, -0.05) is 22.0 Å². The third kappa shape index (κ3) is 3.97. The van der Waals surface area contributed by atoms with Gasteiger partial charge in [-0.05, 0) is 48.4 Å². The molecule has 0 unspecified atom stereocenters. The molecule has 0 aliphatic heterocycles. The first kappa shape index (κ1) is 15.8. The molecule has 0 heterocycles. The van der Waals surface area contributed by atoms with Crippen LogP contribution in [-0.2, 0) is 12.7 Å². The Labute approximate surface area is 128 Å². The van der Waals surface area contributed by atoms with E-state index >= 15 is 0 Å². The number of rotatable bonds is 3. The number of hydrogen-bond donors (Lipinski definition) is 1. The van der Waals surface area contributed by atoms with E-state index in [9.17, 15) is 17.6 Å². The zero-order valence-electron chi connectivity index (χ0n) is 11.1. The minimum Gasteiger partial charge on any atom is -0.381 e. The Kier molecular flexibility index (Phi) is 4.56. The second kappa shape index (κ2) is 6.05. The summed E-state index contributed by atoms with van der Waals surface area (Å²) >= 11 is 2.89. The van der Waals surface area contributed by atoms with E-state index in [0.29, 0.717) is 12.2 Å². The number of nitrogens with one attached hydrogen (secondary N) is 1. The first-order valence-electron chi connectivity index (χ1n) is 6.13. The molecule has 0 aliphatic rings. The normalized spacial score (nSPS) is 11.5. The number of anilines is 1. The highest BCUT2D eigenvalue weighted by Crippen LogP contribution is 2.36. The maximum atomic E-state index is 13.0. The molecule has 0 bridgehead atoms. The second-order valence-corrected chi connectivity index (χ2v) is 5.47. The summed E-state index contributed by atoms with van der Waals surface area (Å²) < 4.78 is 51.4. The fraction of sp³-hybridized carbons (Fsp3) is 0.200. The van der Waals surface area contributed by atoms with Gasteiger partial charge in [0.25, 0.3) is 0 Å². The van der Waals surface area contributed by atoms with Crippen molar-refractivity contribution in [2.24, 2.45) is 0 Å². The van der Waals surface area contributed by atoms with Crippen molar-refractivity contribution < 1.29 is 17.6 Å². The lowest BCUT2D eigenvalue weighted by Gasteiger charge is -2.13. The summed E-state index contributed by atoms with van der Waals surface area (Å²) in [5, 5.41) is 2.92. The summed E-state index contributed by atoms with van der Waals surface area (Å²) in [6.45, 7) is 2.08. The van der Waals surface area contributed by atoms with Gasteiger partial charge in [-0.25, -0.2) is 4.39 Å². The van der Waals surface area contributed by atoms with E-state index in [1.54, 1.807) is 19.1 Å². The zero-order chi connectivity index (χ0) is 15.6. The summed E-state index contributed by atoms with van der Waals surface area (Å²) in [5.41, 5.74) is 1.20. The van der Waals surface area contributed by atoms with Crippen LogP contribution >= 0.6 is 15.9 Å². The van der Waals surface area contributed by atoms with E-state index in [2.05, 4.69) is 21.2 Å². The van der Waals surface area contributed by atoms with E-state index in [1.165, 1.54) is 18.2 Å². The van der Waals surface area contributed by atoms with Gasteiger partial charge in [0.05, 0.1) is 5.56 Å². The lowest BCUT2D eigenvalue weighted by Crippen LogP contribution is -2.08. The lowest BCUT2D eigenvalue weighted by atomic mass is 10.1. The van der Waals surface area contributed by atoms with Crippen LogP contribution in [0.4, 0.5) is 23.2 Å². The molecule has 0 aliphatic carbocycles. The average Bonchev–Trinajstić information content (AvgIpc) is 2.38. The molecule has 0 aromatic heterocycles. The molecular weight excluding hydrogens is 350 g/mol. The minimum absolute atomic E-state index is 0.00138. The van der Waals surface area contributed by atoms with E-state index in [1.807, 2.05) is 0 Å². The van der Waals surface area contributed by atoms with Gasteiger partial charge >= 0.3 is 6.18 Å². The van der Waals surface area contributed by atoms with Gasteiger partial charge in [0, 0.05) is 16.7 Å². The highest BCUT2D eigenvalue weighted by molar-refractivity contribution is 9.10. The molecule has 21 heavy (non-hydrogen) atoms. The van der Waals surface area contributed by atoms with Gasteiger partial charge in [0.15, 0.2) is 0 Å². The molecule has 1 nitrogen and oxygen atoms in total. The largest absolute Gasteiger partial charge is 0.417 e. The molecule has 0 atom stereocenters. The standard InChI is InChI=1S/C15H12BrF4N/c1-9-6-11(17)3-2-10(9)8-21-12-4-5-14(16)13(7-12)15(18,19)20/h2-7,21H,8H2,1H3. The predicted octanol–water partition coefficient (Wildman–Crippen LogP) is 5.53. The summed E-state index contributed by atoms with van der Waals surface area (Å²) in [5.74, 6) is -0.334. The molecule has 0 amide bonds. The fourth-order valence-electron chi connectivity index (χ4n) is 1.91. The monoisotopic (exact) mass is 361 g/mol. The Morgan fingerprint density at radius 1 is 1.10 bits per heavy atom. The zero-order valence-corrected chi connectivity index (χ0v) is 12.6. The minimum atomic E-state index is -4.41. The molecule has 0 radical (unpaired) electrons. The van der Waals surface area contributed by atoms with Gasteiger partial charge in [-0.15, -0.1) is 0 Å². The number of hydrogen-bond acceptors (Lipinski definition) is 1. The van der Waals surface area contributed by atoms with Crippen LogP contribution in [0, 0.1) is 12.7 Å². The number of alkyl halides is 3. The van der Waals surface area contributed by atoms with Crippen molar-refractivity contribution in [3.8, 4) is 0 Å². The third-order valence-corrected chi connectivity index (χ3v) is 3.75. The van der Waals surface area contributed by atoms with E-state index < -0.39 is 11.7 Å². The van der Waals surface area contributed by atoms with Crippen molar-refractivity contribution in [2.45, 2.75) is 19.6 Å². The van der Waals surface area contributed by atoms with Crippen LogP contribution in [0.15, 0.2) is 40.9 Å². The van der Waals surface area contributed by atoms with Crippen LogP contribution in [0.2, 0.25) is 0 Å². The molecule has 0 saturated carbocycles. The van der Waals surface area contributed by atoms with Gasteiger partial charge in [0.1, 0.15) is 5.82 Å². The SMILES string of the molecule is Cc1cc(F)ccc1CNc1ccc(Br)c(C(F)(F)F)c1. The van der Waals surface area contributed by atoms with Crippen LogP contribution in [0.5, 0.6) is 0 Å². The molecule has 0 saturated heterocycles. The van der Waals surface area contributed by atoms with E-state index in [0.717, 1.165) is 17.2 Å². The van der Waals surface area contributed by atoms with Gasteiger partial charge in [-0.3, -0.25) is 0 Å². The summed E-state index contributed by atoms with van der Waals surface area (Å²) in [4.78, 5) is 0. The van der Waals surface area contributed by atoms with Crippen molar-refractivity contribution in [2.75, 3.05) is 5.32 Å². The number of benzene rings is 2. The van der Waals surface area contributed by atoms with E-state index in [-0.39, 0.29) is 10.3 Å². The topological polar surface area (TPSA) is 12.0 Å². The highest BCUT2D eigenvalue weighted by atomic mass is 79.9. The van der Waals surface area contributed by atoms with Gasteiger partial charge < -0.3 is 5.32 Å². The van der Waals surface area contributed by atoms with E-state index in [4.69, 9.17) is 0 Å². The fourth-order valence-corrected chi connectivity index (χ4v) is 2.38. The Morgan fingerprint density at radius 3 is 2.43 bits per heavy atom. The Morgan fingerprint density at radius 2 is 1.81 bits per heavy atom. The maximum Gasteiger partial charge on any atom is 0.417 e. The van der Waals surface area contributed by atoms with Crippen molar-refractivity contribution in [3.63, 3.8) is 0 Å². The van der Waals surface area contributed by atoms with Gasteiger partial charge in [0.2, 0.25) is 0 Å². The van der Waals surface area contributed by atoms with Crippen molar-refractivity contribution >= 4 is 21.6 Å². The molecule has 112 valence electrons. The third-order valence-electron chi connectivity index (χ3n) is 3.06. The molecule has 2 aromatic rings. The highest BCUT2D eigenvalue weighted by Gasteiger charge is 2.33. The molecule has 2 aromatic carbocycles. The van der Waals surface area contributed by atoms with Gasteiger partial charge in [-0.2, -0.15) is 13.2 Å². The molecule has 0 spiro atoms. The first-order valence-corrected chi connectivity index (χ1v) is 6.92. The number of aryl methyl sites for hydroxylation is 1. The second-order valence-electron chi connectivity index (χ2n) is 4.62. The Balaban J connectivity index is 2.17. The lowest BCUT2D eigenvalue weighted by molar-refractivity contribution is -0.138. The smallest absolute Gasteiger partial charge is 0.381 e. The summed E-state index contributed by atoms with van der Waals surface area (Å²) in [6, 6.07) is 8.28. The summed E-state index contributed by atoms with van der Waals surface area (Å²) in [7, 11) is 0. The summed E-state index contributed by atoms with van der Waals surface area (Å²) in [6.07, 6.45) is -4.41. The van der Waals surface area contributed by atoms with Crippen LogP contribution in [0.1, 0.15) is 16.7 Å². The average molecular weight is 362 g/mol. The van der Waals surface area contributed by atoms with Crippen LogP contribution in [0.3, 0.4) is 0 Å². The maximum absolute atomic E-state index is 13.0.